The molecule has 1 aromatic heterocycles. The van der Waals surface area contributed by atoms with Gasteiger partial charge in [-0.05, 0) is 61.4 Å². The molecule has 0 saturated heterocycles. The Morgan fingerprint density at radius 3 is 2.41 bits per heavy atom. The quantitative estimate of drug-likeness (QED) is 0.509. The number of benzene rings is 2. The summed E-state index contributed by atoms with van der Waals surface area (Å²) >= 11 is 0. The van der Waals surface area contributed by atoms with E-state index >= 15 is 0 Å². The molecule has 3 aromatic rings. The monoisotopic (exact) mass is 482 g/mol. The maximum atomic E-state index is 12.4. The smallest absolute Gasteiger partial charge is 0.251 e. The lowest BCUT2D eigenvalue weighted by atomic mass is 10.1. The van der Waals surface area contributed by atoms with E-state index in [2.05, 4.69) is 15.6 Å². The molecule has 0 radical (unpaired) electrons. The first-order valence-electron chi connectivity index (χ1n) is 10.4. The van der Waals surface area contributed by atoms with Crippen LogP contribution in [0.15, 0.2) is 65.7 Å². The lowest BCUT2D eigenvalue weighted by Gasteiger charge is -2.12. The highest BCUT2D eigenvalue weighted by Gasteiger charge is 2.19. The van der Waals surface area contributed by atoms with E-state index in [1.807, 2.05) is 32.0 Å². The van der Waals surface area contributed by atoms with Crippen LogP contribution >= 0.6 is 0 Å². The number of aryl methyl sites for hydroxylation is 2. The Bertz CT molecular complexity index is 1310. The van der Waals surface area contributed by atoms with Crippen molar-refractivity contribution in [2.24, 2.45) is 0 Å². The van der Waals surface area contributed by atoms with Crippen molar-refractivity contribution < 1.29 is 22.7 Å². The third-order valence-corrected chi connectivity index (χ3v) is 6.82. The van der Waals surface area contributed by atoms with Crippen LogP contribution in [0.25, 0.3) is 0 Å². The molecule has 0 aliphatic rings. The van der Waals surface area contributed by atoms with Crippen LogP contribution in [-0.4, -0.2) is 50.2 Å². The molecule has 10 heteroatoms. The number of amides is 2. The van der Waals surface area contributed by atoms with Gasteiger partial charge in [0.05, 0.1) is 23.3 Å². The second kappa shape index (κ2) is 10.4. The number of ether oxygens (including phenoxy) is 1. The zero-order valence-corrected chi connectivity index (χ0v) is 20.1. The Labute approximate surface area is 198 Å². The highest BCUT2D eigenvalue weighted by atomic mass is 32.2. The molecule has 0 unspecified atom stereocenters. The first-order valence-corrected chi connectivity index (χ1v) is 11.8. The van der Waals surface area contributed by atoms with Crippen molar-refractivity contribution in [1.29, 1.82) is 0 Å². The molecule has 2 N–H and O–H groups in total. The standard InChI is InChI=1S/C24H26N4O5S/c1-16-8-10-20(12-17(16)2)33-23-11-9-19(14-25-23)27-22(29)15-26-24(30)18-6-5-7-21(13-18)34(31,32)28(3)4/h5-14H,15H2,1-4H3,(H,26,30)(H,27,29). The van der Waals surface area contributed by atoms with Gasteiger partial charge in [0.2, 0.25) is 21.8 Å². The summed E-state index contributed by atoms with van der Waals surface area (Å²) in [5.41, 5.74) is 2.84. The fraction of sp³-hybridized carbons (Fsp3) is 0.208. The minimum absolute atomic E-state index is 0.0104. The predicted molar refractivity (Wildman–Crippen MR) is 129 cm³/mol. The second-order valence-electron chi connectivity index (χ2n) is 7.78. The molecule has 2 aromatic carbocycles. The van der Waals surface area contributed by atoms with Crippen LogP contribution in [0.3, 0.4) is 0 Å². The summed E-state index contributed by atoms with van der Waals surface area (Å²) in [7, 11) is -0.864. The molecule has 0 aliphatic heterocycles. The highest BCUT2D eigenvalue weighted by Crippen LogP contribution is 2.23. The molecule has 0 saturated carbocycles. The summed E-state index contributed by atoms with van der Waals surface area (Å²) in [4.78, 5) is 28.8. The van der Waals surface area contributed by atoms with Crippen molar-refractivity contribution in [2.45, 2.75) is 18.7 Å². The molecular weight excluding hydrogens is 456 g/mol. The maximum absolute atomic E-state index is 12.4. The second-order valence-corrected chi connectivity index (χ2v) is 9.93. The van der Waals surface area contributed by atoms with E-state index in [0.717, 1.165) is 15.4 Å². The Morgan fingerprint density at radius 1 is 1.00 bits per heavy atom. The van der Waals surface area contributed by atoms with Gasteiger partial charge < -0.3 is 15.4 Å². The van der Waals surface area contributed by atoms with E-state index in [0.29, 0.717) is 17.3 Å². The lowest BCUT2D eigenvalue weighted by Crippen LogP contribution is -2.33. The molecule has 0 fully saturated rings. The lowest BCUT2D eigenvalue weighted by molar-refractivity contribution is -0.115. The number of aromatic nitrogens is 1. The van der Waals surface area contributed by atoms with Crippen molar-refractivity contribution >= 4 is 27.5 Å². The van der Waals surface area contributed by atoms with Crippen molar-refractivity contribution in [3.8, 4) is 11.6 Å². The number of nitrogens with zero attached hydrogens (tertiary/aromatic N) is 2. The van der Waals surface area contributed by atoms with Crippen LogP contribution in [0.4, 0.5) is 5.69 Å². The van der Waals surface area contributed by atoms with Crippen molar-refractivity contribution in [1.82, 2.24) is 14.6 Å². The Kier molecular flexibility index (Phi) is 7.64. The van der Waals surface area contributed by atoms with Crippen molar-refractivity contribution in [2.75, 3.05) is 26.0 Å². The van der Waals surface area contributed by atoms with Gasteiger partial charge in [0, 0.05) is 25.7 Å². The number of hydrogen-bond acceptors (Lipinski definition) is 6. The predicted octanol–water partition coefficient (Wildman–Crippen LogP) is 3.11. The first-order chi connectivity index (χ1) is 16.1. The molecule has 2 amide bonds. The van der Waals surface area contributed by atoms with Gasteiger partial charge >= 0.3 is 0 Å². The number of pyridine rings is 1. The average Bonchev–Trinajstić information content (AvgIpc) is 2.81. The molecule has 3 rings (SSSR count). The summed E-state index contributed by atoms with van der Waals surface area (Å²) in [6, 6.07) is 14.6. The average molecular weight is 483 g/mol. The SMILES string of the molecule is Cc1ccc(Oc2ccc(NC(=O)CNC(=O)c3cccc(S(=O)(=O)N(C)C)c3)cn2)cc1C. The summed E-state index contributed by atoms with van der Waals surface area (Å²) in [6.07, 6.45) is 1.45. The van der Waals surface area contributed by atoms with Crippen LogP contribution in [-0.2, 0) is 14.8 Å². The largest absolute Gasteiger partial charge is 0.439 e. The number of carbonyl (C=O) groups is 2. The van der Waals surface area contributed by atoms with Crippen LogP contribution < -0.4 is 15.4 Å². The van der Waals surface area contributed by atoms with E-state index in [1.165, 1.54) is 44.6 Å². The van der Waals surface area contributed by atoms with E-state index in [1.54, 1.807) is 12.1 Å². The van der Waals surface area contributed by atoms with Gasteiger partial charge in [-0.3, -0.25) is 9.59 Å². The molecule has 1 heterocycles. The molecule has 178 valence electrons. The first kappa shape index (κ1) is 24.9. The van der Waals surface area contributed by atoms with Gasteiger partial charge in [0.15, 0.2) is 0 Å². The van der Waals surface area contributed by atoms with E-state index in [9.17, 15) is 18.0 Å². The highest BCUT2D eigenvalue weighted by molar-refractivity contribution is 7.89. The van der Waals surface area contributed by atoms with Gasteiger partial charge in [-0.25, -0.2) is 17.7 Å². The van der Waals surface area contributed by atoms with Gasteiger partial charge in [0.25, 0.3) is 5.91 Å². The molecular formula is C24H26N4O5S. The number of rotatable bonds is 8. The maximum Gasteiger partial charge on any atom is 0.251 e. The molecule has 0 atom stereocenters. The molecule has 0 spiro atoms. The summed E-state index contributed by atoms with van der Waals surface area (Å²) < 4.78 is 31.3. The third kappa shape index (κ3) is 6.18. The topological polar surface area (TPSA) is 118 Å². The molecule has 34 heavy (non-hydrogen) atoms. The number of hydrogen-bond donors (Lipinski definition) is 2. The van der Waals surface area contributed by atoms with Gasteiger partial charge in [-0.2, -0.15) is 0 Å². The van der Waals surface area contributed by atoms with Crippen LogP contribution in [0.2, 0.25) is 0 Å². The van der Waals surface area contributed by atoms with Gasteiger partial charge in [0.1, 0.15) is 5.75 Å². The van der Waals surface area contributed by atoms with Crippen molar-refractivity contribution in [3.05, 3.63) is 77.5 Å². The Hall–Kier alpha value is -3.76. The zero-order valence-electron chi connectivity index (χ0n) is 19.3. The minimum Gasteiger partial charge on any atom is -0.439 e. The number of carbonyl (C=O) groups excluding carboxylic acids is 2. The molecule has 0 bridgehead atoms. The van der Waals surface area contributed by atoms with Gasteiger partial charge in [-0.1, -0.05) is 12.1 Å². The van der Waals surface area contributed by atoms with E-state index < -0.39 is 21.8 Å². The van der Waals surface area contributed by atoms with Gasteiger partial charge in [-0.15, -0.1) is 0 Å². The van der Waals surface area contributed by atoms with Crippen LogP contribution in [0.5, 0.6) is 11.6 Å². The van der Waals surface area contributed by atoms with Crippen LogP contribution in [0.1, 0.15) is 21.5 Å². The number of sulfonamides is 1. The zero-order chi connectivity index (χ0) is 24.9. The fourth-order valence-electron chi connectivity index (χ4n) is 2.89. The normalized spacial score (nSPS) is 11.2. The summed E-state index contributed by atoms with van der Waals surface area (Å²) in [5.74, 6) is 0.0101. The van der Waals surface area contributed by atoms with E-state index in [4.69, 9.17) is 4.74 Å². The fourth-order valence-corrected chi connectivity index (χ4v) is 3.84. The molecule has 0 aliphatic carbocycles. The summed E-state index contributed by atoms with van der Waals surface area (Å²) in [6.45, 7) is 3.71. The third-order valence-electron chi connectivity index (χ3n) is 5.01. The van der Waals surface area contributed by atoms with Crippen molar-refractivity contribution in [3.63, 3.8) is 0 Å². The van der Waals surface area contributed by atoms with E-state index in [-0.39, 0.29) is 17.0 Å². The summed E-state index contributed by atoms with van der Waals surface area (Å²) in [5, 5.41) is 5.11. The Balaban J connectivity index is 1.55. The number of anilines is 1. The molecule has 9 nitrogen and oxygen atoms in total. The van der Waals surface area contributed by atoms with Crippen LogP contribution in [0, 0.1) is 13.8 Å². The minimum atomic E-state index is -3.68. The number of nitrogens with one attached hydrogen (secondary N) is 2. The Morgan fingerprint density at radius 2 is 1.76 bits per heavy atom.